The molecule has 0 saturated carbocycles. The van der Waals surface area contributed by atoms with Crippen LogP contribution in [0.1, 0.15) is 90.6 Å². The molecule has 5 rings (SSSR count). The van der Waals surface area contributed by atoms with E-state index < -0.39 is 5.78 Å². The highest BCUT2D eigenvalue weighted by molar-refractivity contribution is 6.29. The highest BCUT2D eigenvalue weighted by Gasteiger charge is 2.31. The van der Waals surface area contributed by atoms with Gasteiger partial charge in [0.25, 0.3) is 0 Å². The summed E-state index contributed by atoms with van der Waals surface area (Å²) in [6.45, 7) is 10.4. The van der Waals surface area contributed by atoms with E-state index in [1.54, 1.807) is 18.2 Å². The van der Waals surface area contributed by atoms with Gasteiger partial charge in [0.2, 0.25) is 5.78 Å². The molecule has 7 nitrogen and oxygen atoms in total. The second-order valence-corrected chi connectivity index (χ2v) is 11.7. The molecule has 0 aromatic heterocycles. The first-order valence-electron chi connectivity index (χ1n) is 15.1. The summed E-state index contributed by atoms with van der Waals surface area (Å²) in [5.74, 6) is 0.327. The smallest absolute Gasteiger partial charge is 0.229 e. The van der Waals surface area contributed by atoms with E-state index in [2.05, 4.69) is 26.5 Å². The maximum atomic E-state index is 12.4. The van der Waals surface area contributed by atoms with E-state index in [0.29, 0.717) is 22.1 Å². The van der Waals surface area contributed by atoms with Crippen LogP contribution in [0.25, 0.3) is 10.8 Å². The molecule has 3 aromatic carbocycles. The van der Waals surface area contributed by atoms with Crippen molar-refractivity contribution in [3.8, 4) is 23.0 Å². The summed E-state index contributed by atoms with van der Waals surface area (Å²) in [5.41, 5.74) is 4.53. The van der Waals surface area contributed by atoms with Crippen molar-refractivity contribution in [2.75, 3.05) is 14.2 Å². The lowest BCUT2D eigenvalue weighted by atomic mass is 9.73. The Kier molecular flexibility index (Phi) is 10.2. The van der Waals surface area contributed by atoms with Crippen molar-refractivity contribution in [3.05, 3.63) is 94.3 Å². The summed E-state index contributed by atoms with van der Waals surface area (Å²) in [4.78, 5) is 24.5. The van der Waals surface area contributed by atoms with Crippen LogP contribution in [0.15, 0.2) is 72.0 Å². The number of hydrogen-bond acceptors (Lipinski definition) is 7. The maximum Gasteiger partial charge on any atom is 0.229 e. The zero-order chi connectivity index (χ0) is 32.1. The fraction of sp³-hybridized carbons (Fsp3) is 0.351. The number of carbonyl (C=O) groups is 2. The Hall–Kier alpha value is -4.52. The first-order chi connectivity index (χ1) is 21.0. The van der Waals surface area contributed by atoms with E-state index in [9.17, 15) is 24.9 Å². The molecule has 0 unspecified atom stereocenters. The number of phenolic OH excluding ortho intramolecular Hbond substituents is 3. The molecule has 0 saturated heterocycles. The van der Waals surface area contributed by atoms with Gasteiger partial charge in [0.05, 0.1) is 14.2 Å². The van der Waals surface area contributed by atoms with Gasteiger partial charge in [-0.25, -0.2) is 0 Å². The van der Waals surface area contributed by atoms with Crippen LogP contribution in [0.5, 0.6) is 23.0 Å². The van der Waals surface area contributed by atoms with E-state index >= 15 is 0 Å². The average molecular weight is 599 g/mol. The number of Topliss-reactive ketones (excluding diaryl/α,β-unsaturated/α-hetero) is 1. The first-order valence-corrected chi connectivity index (χ1v) is 15.1. The van der Waals surface area contributed by atoms with E-state index in [1.165, 1.54) is 38.7 Å². The van der Waals surface area contributed by atoms with E-state index in [-0.39, 0.29) is 51.8 Å². The van der Waals surface area contributed by atoms with Crippen molar-refractivity contribution in [1.29, 1.82) is 0 Å². The zero-order valence-corrected chi connectivity index (χ0v) is 26.2. The average Bonchev–Trinajstić information content (AvgIpc) is 2.98. The Bertz CT molecular complexity index is 1640. The highest BCUT2D eigenvalue weighted by atomic mass is 16.5. The fourth-order valence-corrected chi connectivity index (χ4v) is 6.16. The number of methoxy groups -OCH3 is 2. The highest BCUT2D eigenvalue weighted by Crippen LogP contribution is 2.46. The number of phenols is 3. The molecular weight excluding hydrogens is 556 g/mol. The number of aryl methyl sites for hydroxylation is 1. The predicted molar refractivity (Wildman–Crippen MR) is 173 cm³/mol. The lowest BCUT2D eigenvalue weighted by Crippen LogP contribution is -2.18. The summed E-state index contributed by atoms with van der Waals surface area (Å²) in [6, 6.07) is 10.0. The number of allylic oxidation sites excluding steroid dienone is 5. The van der Waals surface area contributed by atoms with Gasteiger partial charge in [0.15, 0.2) is 11.5 Å². The Morgan fingerprint density at radius 3 is 2.30 bits per heavy atom. The molecule has 3 N–H and O–H groups in total. The van der Waals surface area contributed by atoms with Gasteiger partial charge < -0.3 is 24.8 Å². The summed E-state index contributed by atoms with van der Waals surface area (Å²) in [7, 11) is 2.81. The lowest BCUT2D eigenvalue weighted by molar-refractivity contribution is 0.0918. The molecule has 232 valence electrons. The van der Waals surface area contributed by atoms with Crippen LogP contribution < -0.4 is 4.74 Å². The molecule has 0 radical (unpaired) electrons. The van der Waals surface area contributed by atoms with E-state index in [4.69, 9.17) is 9.47 Å². The number of hydrogen-bond donors (Lipinski definition) is 3. The summed E-state index contributed by atoms with van der Waals surface area (Å²) >= 11 is 0. The molecule has 0 amide bonds. The minimum Gasteiger partial charge on any atom is -0.507 e. The first kappa shape index (κ1) is 32.4. The number of fused-ring (bicyclic) bond motifs is 3. The number of rotatable bonds is 8. The summed E-state index contributed by atoms with van der Waals surface area (Å²) < 4.78 is 10.0. The molecule has 3 aromatic rings. The van der Waals surface area contributed by atoms with Gasteiger partial charge in [0, 0.05) is 40.1 Å². The third kappa shape index (κ3) is 6.67. The predicted octanol–water partition coefficient (Wildman–Crippen LogP) is 8.31. The molecule has 44 heavy (non-hydrogen) atoms. The number of carbonyl (C=O) groups excluding carboxylic acids is 2. The van der Waals surface area contributed by atoms with Crippen LogP contribution >= 0.6 is 0 Å². The SMILES string of the molecule is C=C(C)[C@@H]1CCC(C)=C[C@H]1c1c(O)cc(CCCCC)cc1O.COC1=CC(=O)c2ccc3cc(OC)cc(O)c3c2C1=O. The monoisotopic (exact) mass is 598 g/mol. The van der Waals surface area contributed by atoms with Crippen molar-refractivity contribution < 1.29 is 34.4 Å². The topological polar surface area (TPSA) is 113 Å². The number of unbranched alkanes of at least 4 members (excludes halogenated alkanes) is 2. The molecule has 0 aliphatic heterocycles. The molecule has 2 aliphatic rings. The van der Waals surface area contributed by atoms with Crippen LogP contribution in [0.4, 0.5) is 0 Å². The maximum absolute atomic E-state index is 12.4. The van der Waals surface area contributed by atoms with Crippen molar-refractivity contribution in [2.45, 2.75) is 65.2 Å². The van der Waals surface area contributed by atoms with Gasteiger partial charge in [-0.2, -0.15) is 0 Å². The second kappa shape index (κ2) is 13.8. The molecule has 0 fully saturated rings. The van der Waals surface area contributed by atoms with E-state index in [1.807, 2.05) is 19.1 Å². The Morgan fingerprint density at radius 2 is 1.68 bits per heavy atom. The quantitative estimate of drug-likeness (QED) is 0.177. The van der Waals surface area contributed by atoms with Crippen LogP contribution in [-0.2, 0) is 11.2 Å². The van der Waals surface area contributed by atoms with Gasteiger partial charge in [-0.1, -0.05) is 49.6 Å². The van der Waals surface area contributed by atoms with Gasteiger partial charge in [0.1, 0.15) is 23.0 Å². The summed E-state index contributed by atoms with van der Waals surface area (Å²) in [6.07, 6.45) is 9.77. The molecule has 0 bridgehead atoms. The van der Waals surface area contributed by atoms with E-state index in [0.717, 1.165) is 42.9 Å². The number of ether oxygens (including phenoxy) is 2. The van der Waals surface area contributed by atoms with Crippen molar-refractivity contribution in [3.63, 3.8) is 0 Å². The van der Waals surface area contributed by atoms with Crippen molar-refractivity contribution in [1.82, 2.24) is 0 Å². The van der Waals surface area contributed by atoms with Crippen molar-refractivity contribution >= 4 is 22.3 Å². The van der Waals surface area contributed by atoms with Gasteiger partial charge in [-0.3, -0.25) is 9.59 Å². The fourth-order valence-electron chi connectivity index (χ4n) is 6.16. The third-order valence-corrected chi connectivity index (χ3v) is 8.48. The molecule has 2 aliphatic carbocycles. The van der Waals surface area contributed by atoms with Crippen LogP contribution in [-0.4, -0.2) is 41.1 Å². The van der Waals surface area contributed by atoms with Crippen LogP contribution in [0.3, 0.4) is 0 Å². The van der Waals surface area contributed by atoms with Crippen LogP contribution in [0.2, 0.25) is 0 Å². The summed E-state index contributed by atoms with van der Waals surface area (Å²) in [5, 5.41) is 32.2. The van der Waals surface area contributed by atoms with Gasteiger partial charge in [-0.05, 0) is 80.7 Å². The number of ketones is 2. The number of benzene rings is 3. The molecular formula is C37H42O7. The molecule has 2 atom stereocenters. The van der Waals surface area contributed by atoms with Crippen molar-refractivity contribution in [2.24, 2.45) is 5.92 Å². The Morgan fingerprint density at radius 1 is 0.977 bits per heavy atom. The minimum absolute atomic E-state index is 0.0194. The Labute approximate surface area is 259 Å². The molecule has 7 heteroatoms. The standard InChI is InChI=1S/C21H30O2.C16H12O5/c1-5-6-7-8-16-12-19(22)21(20(23)13-16)18-11-15(4)9-10-17(18)14(2)3;1-20-9-5-8-3-4-10-11(17)7-13(21-2)16(19)15(10)14(8)12(18)6-9/h11-13,17-18,22-23H,2,5-10H2,1,3-4H3;3-7,18H,1-2H3/t17-,18+;/m0./s1. The number of aromatic hydroxyl groups is 3. The third-order valence-electron chi connectivity index (χ3n) is 8.48. The van der Waals surface area contributed by atoms with Crippen LogP contribution in [0, 0.1) is 5.92 Å². The second-order valence-electron chi connectivity index (χ2n) is 11.7. The molecule has 0 spiro atoms. The largest absolute Gasteiger partial charge is 0.507 e. The minimum atomic E-state index is -0.418. The molecule has 0 heterocycles. The zero-order valence-electron chi connectivity index (χ0n) is 26.2. The lowest BCUT2D eigenvalue weighted by Gasteiger charge is -2.31. The Balaban J connectivity index is 0.000000201. The van der Waals surface area contributed by atoms with Gasteiger partial charge >= 0.3 is 0 Å². The van der Waals surface area contributed by atoms with Gasteiger partial charge in [-0.15, -0.1) is 0 Å². The normalized spacial score (nSPS) is 17.7.